The van der Waals surface area contributed by atoms with Gasteiger partial charge in [0.2, 0.25) is 5.91 Å². The summed E-state index contributed by atoms with van der Waals surface area (Å²) in [5.74, 6) is -1.96. The van der Waals surface area contributed by atoms with Crippen LogP contribution in [0.1, 0.15) is 56.4 Å². The molecule has 2 aliphatic rings. The van der Waals surface area contributed by atoms with Crippen LogP contribution in [0.5, 0.6) is 0 Å². The maximum atomic E-state index is 12.2. The molecule has 1 fully saturated rings. The van der Waals surface area contributed by atoms with E-state index in [2.05, 4.69) is 16.7 Å². The zero-order valence-electron chi connectivity index (χ0n) is 15.1. The smallest absolute Gasteiger partial charge is 0.307 e. The average molecular weight is 369 g/mol. The second-order valence-corrected chi connectivity index (χ2v) is 7.15. The van der Waals surface area contributed by atoms with Gasteiger partial charge in [-0.05, 0) is 24.5 Å². The first-order valence-corrected chi connectivity index (χ1v) is 9.31. The minimum atomic E-state index is -0.871. The van der Waals surface area contributed by atoms with Gasteiger partial charge in [0.25, 0.3) is 5.91 Å². The first kappa shape index (κ1) is 18.9. The molecule has 0 saturated heterocycles. The molecule has 2 amide bonds. The number of nitrogens with one attached hydrogen (secondary N) is 2. The Kier molecular flexibility index (Phi) is 5.75. The van der Waals surface area contributed by atoms with Crippen LogP contribution in [0.3, 0.4) is 0 Å². The van der Waals surface area contributed by atoms with Gasteiger partial charge in [-0.1, -0.05) is 43.9 Å². The largest absolute Gasteiger partial charge is 0.456 e. The van der Waals surface area contributed by atoms with E-state index in [0.717, 1.165) is 31.2 Å². The lowest BCUT2D eigenvalue weighted by molar-refractivity contribution is -0.149. The van der Waals surface area contributed by atoms with Crippen LogP contribution in [0.4, 0.5) is 5.69 Å². The predicted octanol–water partition coefficient (Wildman–Crippen LogP) is 2.39. The number of amides is 2. The lowest BCUT2D eigenvalue weighted by atomic mass is 9.92. The number of anilines is 1. The number of esters is 1. The first-order valence-electron chi connectivity index (χ1n) is 9.31. The number of nitriles is 1. The van der Waals surface area contributed by atoms with Crippen molar-refractivity contribution in [3.05, 3.63) is 29.8 Å². The van der Waals surface area contributed by atoms with Crippen LogP contribution in [-0.4, -0.2) is 29.9 Å². The molecule has 0 spiro atoms. The highest BCUT2D eigenvalue weighted by Crippen LogP contribution is 2.34. The topological polar surface area (TPSA) is 108 Å². The molecule has 1 unspecified atom stereocenters. The zero-order valence-corrected chi connectivity index (χ0v) is 15.1. The summed E-state index contributed by atoms with van der Waals surface area (Å²) in [6.07, 6.45) is 5.00. The van der Waals surface area contributed by atoms with Gasteiger partial charge < -0.3 is 15.4 Å². The number of carbonyl (C=O) groups excluding carboxylic acids is 3. The summed E-state index contributed by atoms with van der Waals surface area (Å²) in [6, 6.07) is 9.41. The molecule has 2 N–H and O–H groups in total. The van der Waals surface area contributed by atoms with Gasteiger partial charge in [0.15, 0.2) is 6.61 Å². The molecule has 3 rings (SSSR count). The van der Waals surface area contributed by atoms with E-state index in [-0.39, 0.29) is 12.3 Å². The second-order valence-electron chi connectivity index (χ2n) is 7.15. The number of rotatable bonds is 5. The third-order valence-corrected chi connectivity index (χ3v) is 5.20. The van der Waals surface area contributed by atoms with E-state index in [1.54, 1.807) is 18.2 Å². The van der Waals surface area contributed by atoms with E-state index in [1.165, 1.54) is 0 Å². The van der Waals surface area contributed by atoms with E-state index in [1.807, 2.05) is 6.07 Å². The number of hydrogen-bond acceptors (Lipinski definition) is 5. The predicted molar refractivity (Wildman–Crippen MR) is 97.6 cm³/mol. The van der Waals surface area contributed by atoms with Crippen molar-refractivity contribution >= 4 is 23.5 Å². The summed E-state index contributed by atoms with van der Waals surface area (Å²) in [6.45, 7) is -0.446. The fourth-order valence-electron chi connectivity index (χ4n) is 3.75. The fourth-order valence-corrected chi connectivity index (χ4v) is 3.75. The van der Waals surface area contributed by atoms with Gasteiger partial charge in [-0.15, -0.1) is 0 Å². The number of benzene rings is 1. The molecular weight excluding hydrogens is 346 g/mol. The summed E-state index contributed by atoms with van der Waals surface area (Å²) in [4.78, 5) is 36.3. The van der Waals surface area contributed by atoms with Gasteiger partial charge in [-0.25, -0.2) is 0 Å². The summed E-state index contributed by atoms with van der Waals surface area (Å²) in [5.41, 5.74) is 0.581. The lowest BCUT2D eigenvalue weighted by Crippen LogP contribution is -2.48. The van der Waals surface area contributed by atoms with Crippen molar-refractivity contribution < 1.29 is 19.1 Å². The molecule has 27 heavy (non-hydrogen) atoms. The fraction of sp³-hybridized carbons (Fsp3) is 0.500. The van der Waals surface area contributed by atoms with Crippen LogP contribution in [-0.2, 0) is 19.1 Å². The number of nitrogens with zero attached hydrogens (tertiary/aromatic N) is 1. The van der Waals surface area contributed by atoms with Gasteiger partial charge >= 0.3 is 5.97 Å². The molecule has 0 radical (unpaired) electrons. The van der Waals surface area contributed by atoms with E-state index in [9.17, 15) is 19.6 Å². The van der Waals surface area contributed by atoms with Gasteiger partial charge in [-0.2, -0.15) is 5.26 Å². The molecule has 0 aromatic heterocycles. The molecule has 1 aliphatic heterocycles. The number of carbonyl (C=O) groups is 3. The Morgan fingerprint density at radius 3 is 2.63 bits per heavy atom. The van der Waals surface area contributed by atoms with Gasteiger partial charge in [0.1, 0.15) is 5.54 Å². The van der Waals surface area contributed by atoms with Crippen LogP contribution >= 0.6 is 0 Å². The average Bonchev–Trinajstić information content (AvgIpc) is 2.83. The van der Waals surface area contributed by atoms with Gasteiger partial charge in [-0.3, -0.25) is 14.4 Å². The van der Waals surface area contributed by atoms with Crippen LogP contribution in [0.15, 0.2) is 24.3 Å². The molecule has 1 aromatic rings. The van der Waals surface area contributed by atoms with Gasteiger partial charge in [0, 0.05) is 5.69 Å². The van der Waals surface area contributed by atoms with Gasteiger partial charge in [0.05, 0.1) is 18.4 Å². The highest BCUT2D eigenvalue weighted by Gasteiger charge is 2.34. The maximum absolute atomic E-state index is 12.2. The third-order valence-electron chi connectivity index (χ3n) is 5.20. The number of hydrogen-bond donors (Lipinski definition) is 2. The molecule has 1 atom stereocenters. The molecule has 1 aliphatic carbocycles. The van der Waals surface area contributed by atoms with Crippen molar-refractivity contribution in [2.75, 3.05) is 11.9 Å². The molecule has 1 saturated carbocycles. The molecule has 7 nitrogen and oxygen atoms in total. The summed E-state index contributed by atoms with van der Waals surface area (Å²) < 4.78 is 5.05. The Balaban J connectivity index is 1.51. The third kappa shape index (κ3) is 4.45. The Morgan fingerprint density at radius 1 is 1.22 bits per heavy atom. The Bertz CT molecular complexity index is 776. The Hall–Kier alpha value is -2.88. The van der Waals surface area contributed by atoms with E-state index < -0.39 is 29.9 Å². The summed E-state index contributed by atoms with van der Waals surface area (Å²) in [7, 11) is 0. The van der Waals surface area contributed by atoms with Crippen molar-refractivity contribution in [2.24, 2.45) is 0 Å². The Morgan fingerprint density at radius 2 is 1.93 bits per heavy atom. The van der Waals surface area contributed by atoms with E-state index in [4.69, 9.17) is 4.74 Å². The molecule has 1 aromatic carbocycles. The van der Waals surface area contributed by atoms with Crippen LogP contribution in [0.2, 0.25) is 0 Å². The standard InChI is InChI=1S/C20H23N3O4/c21-13-20(9-5-1-2-6-10-20)23-17(24)12-27-18(25)11-15-14-7-3-4-8-16(14)22-19(15)26/h3-4,7-8,15H,1-2,5-6,9-12H2,(H,22,26)(H,23,24). The van der Waals surface area contributed by atoms with Crippen molar-refractivity contribution in [1.29, 1.82) is 5.26 Å². The van der Waals surface area contributed by atoms with E-state index >= 15 is 0 Å². The highest BCUT2D eigenvalue weighted by molar-refractivity contribution is 6.04. The molecule has 7 heteroatoms. The van der Waals surface area contributed by atoms with Crippen LogP contribution in [0.25, 0.3) is 0 Å². The van der Waals surface area contributed by atoms with Crippen molar-refractivity contribution in [3.8, 4) is 6.07 Å². The van der Waals surface area contributed by atoms with E-state index in [0.29, 0.717) is 18.5 Å². The van der Waals surface area contributed by atoms with Crippen LogP contribution in [0, 0.1) is 11.3 Å². The molecule has 1 heterocycles. The highest BCUT2D eigenvalue weighted by atomic mass is 16.5. The van der Waals surface area contributed by atoms with Crippen molar-refractivity contribution in [1.82, 2.24) is 5.32 Å². The van der Waals surface area contributed by atoms with Crippen molar-refractivity contribution in [3.63, 3.8) is 0 Å². The van der Waals surface area contributed by atoms with Crippen molar-refractivity contribution in [2.45, 2.75) is 56.4 Å². The summed E-state index contributed by atoms with van der Waals surface area (Å²) >= 11 is 0. The Labute approximate surface area is 158 Å². The monoisotopic (exact) mass is 369 g/mol. The van der Waals surface area contributed by atoms with Crippen LogP contribution < -0.4 is 10.6 Å². The number of ether oxygens (including phenoxy) is 1. The second kappa shape index (κ2) is 8.21. The molecule has 142 valence electrons. The number of para-hydroxylation sites is 1. The number of fused-ring (bicyclic) bond motifs is 1. The lowest BCUT2D eigenvalue weighted by Gasteiger charge is -2.26. The molecular formula is C20H23N3O4. The quantitative estimate of drug-likeness (QED) is 0.612. The normalized spacial score (nSPS) is 20.6. The first-order chi connectivity index (χ1) is 13.0. The maximum Gasteiger partial charge on any atom is 0.307 e. The summed E-state index contributed by atoms with van der Waals surface area (Å²) in [5, 5.41) is 15.0. The zero-order chi connectivity index (χ0) is 19.3. The SMILES string of the molecule is N#CC1(NC(=O)COC(=O)CC2C(=O)Nc3ccccc32)CCCCCC1. The minimum Gasteiger partial charge on any atom is -0.456 e. The minimum absolute atomic E-state index is 0.125. The molecule has 0 bridgehead atoms.